The van der Waals surface area contributed by atoms with Crippen LogP contribution < -0.4 is 5.32 Å². The van der Waals surface area contributed by atoms with Gasteiger partial charge in [0.2, 0.25) is 5.91 Å². The number of piperazine rings is 1. The van der Waals surface area contributed by atoms with E-state index in [-0.39, 0.29) is 17.5 Å². The van der Waals surface area contributed by atoms with Crippen LogP contribution >= 0.6 is 11.6 Å². The summed E-state index contributed by atoms with van der Waals surface area (Å²) in [5.74, 6) is -1.99. The van der Waals surface area contributed by atoms with Gasteiger partial charge in [0.25, 0.3) is 5.91 Å². The van der Waals surface area contributed by atoms with Crippen LogP contribution in [0.25, 0.3) is 0 Å². The van der Waals surface area contributed by atoms with Gasteiger partial charge in [0.15, 0.2) is 0 Å². The molecule has 1 atom stereocenters. The second kappa shape index (κ2) is 8.67. The summed E-state index contributed by atoms with van der Waals surface area (Å²) >= 11 is 5.85. The smallest absolute Gasteiger partial charge is 0.253 e. The number of nitrogens with zero attached hydrogens (tertiary/aromatic N) is 2. The van der Waals surface area contributed by atoms with Crippen molar-refractivity contribution in [1.29, 1.82) is 0 Å². The Hall–Kier alpha value is -2.51. The molecule has 3 rings (SSSR count). The lowest BCUT2D eigenvalue weighted by atomic mass is 10.1. The molecule has 0 aliphatic carbocycles. The summed E-state index contributed by atoms with van der Waals surface area (Å²) in [6.45, 7) is 3.70. The second-order valence-electron chi connectivity index (χ2n) is 6.62. The molecule has 5 nitrogen and oxygen atoms in total. The van der Waals surface area contributed by atoms with Gasteiger partial charge in [-0.3, -0.25) is 14.5 Å². The van der Waals surface area contributed by atoms with Crippen molar-refractivity contribution in [3.8, 4) is 0 Å². The summed E-state index contributed by atoms with van der Waals surface area (Å²) in [6, 6.07) is 9.20. The average molecular weight is 408 g/mol. The lowest BCUT2D eigenvalue weighted by Crippen LogP contribution is -2.54. The Kier molecular flexibility index (Phi) is 6.26. The lowest BCUT2D eigenvalue weighted by molar-refractivity contribution is -0.121. The van der Waals surface area contributed by atoms with Crippen molar-refractivity contribution in [3.05, 3.63) is 64.7 Å². The van der Waals surface area contributed by atoms with E-state index in [1.54, 1.807) is 36.1 Å². The molecule has 2 amide bonds. The molecule has 0 aromatic heterocycles. The summed E-state index contributed by atoms with van der Waals surface area (Å²) in [5.41, 5.74) is 0.505. The molecular weight excluding hydrogens is 388 g/mol. The van der Waals surface area contributed by atoms with E-state index in [4.69, 9.17) is 11.6 Å². The van der Waals surface area contributed by atoms with Gasteiger partial charge in [-0.05, 0) is 43.3 Å². The minimum absolute atomic E-state index is 0.0604. The van der Waals surface area contributed by atoms with Crippen molar-refractivity contribution >= 4 is 29.1 Å². The summed E-state index contributed by atoms with van der Waals surface area (Å²) in [7, 11) is 0. The maximum absolute atomic E-state index is 13.7. The van der Waals surface area contributed by atoms with Crippen LogP contribution in [-0.4, -0.2) is 53.8 Å². The molecule has 148 valence electrons. The van der Waals surface area contributed by atoms with Gasteiger partial charge in [0, 0.05) is 42.8 Å². The van der Waals surface area contributed by atoms with Crippen molar-refractivity contribution in [3.63, 3.8) is 0 Å². The Labute approximate surface area is 166 Å². The SMILES string of the molecule is CC(C(=O)Nc1ccc(F)cc1F)N1CCN(C(=O)c2ccc(Cl)cc2)CC1. The molecule has 0 saturated carbocycles. The van der Waals surface area contributed by atoms with Gasteiger partial charge in [0.05, 0.1) is 11.7 Å². The molecule has 28 heavy (non-hydrogen) atoms. The summed E-state index contributed by atoms with van der Waals surface area (Å²) in [4.78, 5) is 28.6. The lowest BCUT2D eigenvalue weighted by Gasteiger charge is -2.37. The third kappa shape index (κ3) is 4.66. The molecule has 0 bridgehead atoms. The number of anilines is 1. The highest BCUT2D eigenvalue weighted by atomic mass is 35.5. The number of nitrogens with one attached hydrogen (secondary N) is 1. The number of halogens is 3. The fraction of sp³-hybridized carbons (Fsp3) is 0.300. The van der Waals surface area contributed by atoms with E-state index in [1.807, 2.05) is 4.90 Å². The Morgan fingerprint density at radius 3 is 2.29 bits per heavy atom. The average Bonchev–Trinajstić information content (AvgIpc) is 2.69. The third-order valence-corrected chi connectivity index (χ3v) is 5.06. The molecule has 1 aliphatic rings. The first-order chi connectivity index (χ1) is 13.3. The number of rotatable bonds is 4. The first-order valence-corrected chi connectivity index (χ1v) is 9.28. The maximum Gasteiger partial charge on any atom is 0.253 e. The standard InChI is InChI=1S/C20H20ClF2N3O2/c1-13(19(27)24-18-7-6-16(22)12-17(18)23)25-8-10-26(11-9-25)20(28)14-2-4-15(21)5-3-14/h2-7,12-13H,8-11H2,1H3,(H,24,27). The van der Waals surface area contributed by atoms with Crippen molar-refractivity contribution in [1.82, 2.24) is 9.80 Å². The van der Waals surface area contributed by atoms with Crippen LogP contribution in [0.1, 0.15) is 17.3 Å². The molecule has 1 heterocycles. The predicted molar refractivity (Wildman–Crippen MR) is 103 cm³/mol. The zero-order chi connectivity index (χ0) is 20.3. The summed E-state index contributed by atoms with van der Waals surface area (Å²) < 4.78 is 26.7. The molecule has 1 N–H and O–H groups in total. The van der Waals surface area contributed by atoms with Gasteiger partial charge in [-0.2, -0.15) is 0 Å². The van der Waals surface area contributed by atoms with Crippen LogP contribution in [0, 0.1) is 11.6 Å². The maximum atomic E-state index is 13.7. The number of carbonyl (C=O) groups excluding carboxylic acids is 2. The molecule has 8 heteroatoms. The normalized spacial score (nSPS) is 15.9. The van der Waals surface area contributed by atoms with E-state index in [2.05, 4.69) is 5.32 Å². The van der Waals surface area contributed by atoms with Crippen LogP contribution in [0.3, 0.4) is 0 Å². The topological polar surface area (TPSA) is 52.7 Å². The first-order valence-electron chi connectivity index (χ1n) is 8.90. The van der Waals surface area contributed by atoms with Crippen molar-refractivity contribution in [2.24, 2.45) is 0 Å². The van der Waals surface area contributed by atoms with Crippen LogP contribution in [0.2, 0.25) is 5.02 Å². The van der Waals surface area contributed by atoms with E-state index >= 15 is 0 Å². The minimum Gasteiger partial charge on any atom is -0.336 e. The Bertz CT molecular complexity index is 868. The molecule has 1 aliphatic heterocycles. The second-order valence-corrected chi connectivity index (χ2v) is 7.06. The van der Waals surface area contributed by atoms with Gasteiger partial charge < -0.3 is 10.2 Å². The van der Waals surface area contributed by atoms with Crippen LogP contribution in [0.5, 0.6) is 0 Å². The van der Waals surface area contributed by atoms with E-state index in [9.17, 15) is 18.4 Å². The van der Waals surface area contributed by atoms with Gasteiger partial charge in [-0.1, -0.05) is 11.6 Å². The molecule has 1 unspecified atom stereocenters. The van der Waals surface area contributed by atoms with Crippen LogP contribution in [-0.2, 0) is 4.79 Å². The van der Waals surface area contributed by atoms with E-state index in [0.29, 0.717) is 36.8 Å². The molecular formula is C20H20ClF2N3O2. The molecule has 1 fully saturated rings. The zero-order valence-electron chi connectivity index (χ0n) is 15.3. The molecule has 0 spiro atoms. The summed E-state index contributed by atoms with van der Waals surface area (Å²) in [5, 5.41) is 3.05. The fourth-order valence-corrected chi connectivity index (χ4v) is 3.21. The van der Waals surface area contributed by atoms with Crippen LogP contribution in [0.15, 0.2) is 42.5 Å². The molecule has 0 radical (unpaired) electrons. The van der Waals surface area contributed by atoms with Crippen LogP contribution in [0.4, 0.5) is 14.5 Å². The predicted octanol–water partition coefficient (Wildman–Crippen LogP) is 3.40. The first kappa shape index (κ1) is 20.2. The van der Waals surface area contributed by atoms with E-state index in [1.165, 1.54) is 6.07 Å². The number of benzene rings is 2. The largest absolute Gasteiger partial charge is 0.336 e. The number of carbonyl (C=O) groups is 2. The van der Waals surface area contributed by atoms with Gasteiger partial charge in [0.1, 0.15) is 11.6 Å². The minimum atomic E-state index is -0.820. The fourth-order valence-electron chi connectivity index (χ4n) is 3.08. The number of amides is 2. The Morgan fingerprint density at radius 2 is 1.68 bits per heavy atom. The van der Waals surface area contributed by atoms with Crippen molar-refractivity contribution in [2.45, 2.75) is 13.0 Å². The molecule has 2 aromatic rings. The van der Waals surface area contributed by atoms with E-state index in [0.717, 1.165) is 12.1 Å². The Morgan fingerprint density at radius 1 is 1.04 bits per heavy atom. The zero-order valence-corrected chi connectivity index (χ0v) is 16.0. The molecule has 1 saturated heterocycles. The highest BCUT2D eigenvalue weighted by molar-refractivity contribution is 6.30. The highest BCUT2D eigenvalue weighted by Gasteiger charge is 2.28. The quantitative estimate of drug-likeness (QED) is 0.845. The highest BCUT2D eigenvalue weighted by Crippen LogP contribution is 2.17. The van der Waals surface area contributed by atoms with Gasteiger partial charge in [-0.15, -0.1) is 0 Å². The van der Waals surface area contributed by atoms with Crippen molar-refractivity contribution in [2.75, 3.05) is 31.5 Å². The monoisotopic (exact) mass is 407 g/mol. The van der Waals surface area contributed by atoms with Gasteiger partial charge in [-0.25, -0.2) is 8.78 Å². The third-order valence-electron chi connectivity index (χ3n) is 4.81. The van der Waals surface area contributed by atoms with Crippen molar-refractivity contribution < 1.29 is 18.4 Å². The number of hydrogen-bond acceptors (Lipinski definition) is 3. The summed E-state index contributed by atoms with van der Waals surface area (Å²) in [6.07, 6.45) is 0. The van der Waals surface area contributed by atoms with Gasteiger partial charge >= 0.3 is 0 Å². The van der Waals surface area contributed by atoms with E-state index < -0.39 is 17.7 Å². The number of hydrogen-bond donors (Lipinski definition) is 1. The molecule has 2 aromatic carbocycles. The Balaban J connectivity index is 1.55.